The number of benzene rings is 2. The first-order chi connectivity index (χ1) is 13.4. The average Bonchev–Trinajstić information content (AvgIpc) is 2.68. The van der Waals surface area contributed by atoms with Crippen LogP contribution in [0.1, 0.15) is 36.5 Å². The van der Waals surface area contributed by atoms with Gasteiger partial charge in [0.05, 0.1) is 17.1 Å². The van der Waals surface area contributed by atoms with Gasteiger partial charge in [-0.05, 0) is 55.0 Å². The Morgan fingerprint density at radius 3 is 2.00 bits per heavy atom. The molecule has 2 aromatic rings. The highest BCUT2D eigenvalue weighted by atomic mass is 32.2. The van der Waals surface area contributed by atoms with E-state index in [0.29, 0.717) is 17.9 Å². The van der Waals surface area contributed by atoms with Crippen molar-refractivity contribution in [1.82, 2.24) is 0 Å². The number of carbonyl (C=O) groups is 1. The van der Waals surface area contributed by atoms with E-state index in [0.717, 1.165) is 25.0 Å². The summed E-state index contributed by atoms with van der Waals surface area (Å²) in [5, 5.41) is 5.03. The van der Waals surface area contributed by atoms with Gasteiger partial charge >= 0.3 is 5.97 Å². The molecule has 0 aliphatic carbocycles. The van der Waals surface area contributed by atoms with Crippen molar-refractivity contribution in [2.24, 2.45) is 5.14 Å². The van der Waals surface area contributed by atoms with Crippen LogP contribution in [0.25, 0.3) is 0 Å². The van der Waals surface area contributed by atoms with Crippen LogP contribution in [0.3, 0.4) is 0 Å². The Bertz CT molecular complexity index is 847. The van der Waals surface area contributed by atoms with Gasteiger partial charge in [-0.1, -0.05) is 19.8 Å². The van der Waals surface area contributed by atoms with E-state index >= 15 is 0 Å². The zero-order chi connectivity index (χ0) is 20.4. The summed E-state index contributed by atoms with van der Waals surface area (Å²) in [7, 11) is -3.73. The third kappa shape index (κ3) is 7.21. The van der Waals surface area contributed by atoms with Gasteiger partial charge in [-0.15, -0.1) is 0 Å². The predicted molar refractivity (Wildman–Crippen MR) is 105 cm³/mol. The van der Waals surface area contributed by atoms with Crippen molar-refractivity contribution >= 4 is 16.0 Å². The molecule has 0 aliphatic heterocycles. The molecule has 0 amide bonds. The van der Waals surface area contributed by atoms with Gasteiger partial charge in [-0.25, -0.2) is 18.4 Å². The number of nitrogens with two attached hydrogens (primary N) is 1. The average molecular weight is 407 g/mol. The van der Waals surface area contributed by atoms with Crippen LogP contribution >= 0.6 is 0 Å². The molecule has 2 N–H and O–H groups in total. The molecule has 0 saturated heterocycles. The van der Waals surface area contributed by atoms with Crippen molar-refractivity contribution in [2.45, 2.75) is 31.1 Å². The first kappa shape index (κ1) is 21.7. The quantitative estimate of drug-likeness (QED) is 0.453. The van der Waals surface area contributed by atoms with E-state index in [1.54, 1.807) is 24.3 Å². The molecule has 0 heterocycles. The molecule has 28 heavy (non-hydrogen) atoms. The van der Waals surface area contributed by atoms with Gasteiger partial charge in [0.15, 0.2) is 0 Å². The summed E-state index contributed by atoms with van der Waals surface area (Å²) in [5.74, 6) is 0.720. The number of hydrogen-bond acceptors (Lipinski definition) is 6. The molecule has 7 nitrogen and oxygen atoms in total. The third-order valence-electron chi connectivity index (χ3n) is 3.84. The van der Waals surface area contributed by atoms with Gasteiger partial charge in [0.25, 0.3) is 0 Å². The Balaban J connectivity index is 1.72. The minimum absolute atomic E-state index is 0.00377. The Hall–Kier alpha value is -2.58. The molecular weight excluding hydrogens is 382 g/mol. The molecule has 2 aromatic carbocycles. The first-order valence-electron chi connectivity index (χ1n) is 9.06. The second kappa shape index (κ2) is 10.7. The standard InChI is InChI=1S/C20H25NO6S/c1-2-3-4-13-25-17-7-5-16(6-8-17)20(22)27-15-14-26-18-9-11-19(12-10-18)28(21,23)24/h5-12H,2-4,13-15H2,1H3,(H2,21,23,24). The van der Waals surface area contributed by atoms with Crippen molar-refractivity contribution in [3.8, 4) is 11.5 Å². The monoisotopic (exact) mass is 407 g/mol. The fourth-order valence-electron chi connectivity index (χ4n) is 2.33. The van der Waals surface area contributed by atoms with Crippen molar-refractivity contribution < 1.29 is 27.4 Å². The van der Waals surface area contributed by atoms with Gasteiger partial charge in [0.1, 0.15) is 24.7 Å². The number of unbranched alkanes of at least 4 members (excludes halogenated alkanes) is 2. The molecule has 0 saturated carbocycles. The minimum Gasteiger partial charge on any atom is -0.494 e. The molecule has 8 heteroatoms. The van der Waals surface area contributed by atoms with Crippen LogP contribution in [0.15, 0.2) is 53.4 Å². The first-order valence-corrected chi connectivity index (χ1v) is 10.6. The molecule has 0 aromatic heterocycles. The normalized spacial score (nSPS) is 11.1. The fourth-order valence-corrected chi connectivity index (χ4v) is 2.85. The third-order valence-corrected chi connectivity index (χ3v) is 4.77. The Morgan fingerprint density at radius 1 is 0.857 bits per heavy atom. The second-order valence-corrected chi connectivity index (χ2v) is 7.64. The summed E-state index contributed by atoms with van der Waals surface area (Å²) in [4.78, 5) is 12.0. The van der Waals surface area contributed by atoms with E-state index in [2.05, 4.69) is 6.92 Å². The Labute approximate surface area is 165 Å². The van der Waals surface area contributed by atoms with Crippen molar-refractivity contribution in [3.05, 3.63) is 54.1 Å². The predicted octanol–water partition coefficient (Wildman–Crippen LogP) is 3.14. The van der Waals surface area contributed by atoms with Gasteiger partial charge in [0, 0.05) is 0 Å². The number of hydrogen-bond donors (Lipinski definition) is 1. The zero-order valence-electron chi connectivity index (χ0n) is 15.8. The van der Waals surface area contributed by atoms with Gasteiger partial charge < -0.3 is 14.2 Å². The van der Waals surface area contributed by atoms with E-state index < -0.39 is 16.0 Å². The van der Waals surface area contributed by atoms with Crippen LogP contribution in [0.2, 0.25) is 0 Å². The zero-order valence-corrected chi connectivity index (χ0v) is 16.6. The molecule has 0 fully saturated rings. The Morgan fingerprint density at radius 2 is 1.43 bits per heavy atom. The second-order valence-electron chi connectivity index (χ2n) is 6.08. The van der Waals surface area contributed by atoms with E-state index in [4.69, 9.17) is 19.3 Å². The van der Waals surface area contributed by atoms with Crippen LogP contribution in [-0.4, -0.2) is 34.2 Å². The molecule has 152 valence electrons. The number of carbonyl (C=O) groups excluding carboxylic acids is 1. The SMILES string of the molecule is CCCCCOc1ccc(C(=O)OCCOc2ccc(S(N)(=O)=O)cc2)cc1. The molecule has 0 unspecified atom stereocenters. The lowest BCUT2D eigenvalue weighted by molar-refractivity contribution is 0.0450. The summed E-state index contributed by atoms with van der Waals surface area (Å²) >= 11 is 0. The maximum absolute atomic E-state index is 12.0. The molecule has 0 bridgehead atoms. The number of sulfonamides is 1. The van der Waals surface area contributed by atoms with Gasteiger partial charge in [-0.3, -0.25) is 0 Å². The molecule has 0 spiro atoms. The van der Waals surface area contributed by atoms with Crippen molar-refractivity contribution in [2.75, 3.05) is 19.8 Å². The lowest BCUT2D eigenvalue weighted by atomic mass is 10.2. The molecule has 0 aliphatic rings. The van der Waals surface area contributed by atoms with Crippen LogP contribution in [0, 0.1) is 0 Å². The maximum atomic E-state index is 12.0. The lowest BCUT2D eigenvalue weighted by Gasteiger charge is -2.09. The highest BCUT2D eigenvalue weighted by Crippen LogP contribution is 2.15. The van der Waals surface area contributed by atoms with E-state index in [1.807, 2.05) is 0 Å². The fraction of sp³-hybridized carbons (Fsp3) is 0.350. The van der Waals surface area contributed by atoms with Crippen LogP contribution in [-0.2, 0) is 14.8 Å². The summed E-state index contributed by atoms with van der Waals surface area (Å²) in [6.07, 6.45) is 3.27. The number of ether oxygens (including phenoxy) is 3. The summed E-state index contributed by atoms with van der Waals surface area (Å²) < 4.78 is 38.5. The lowest BCUT2D eigenvalue weighted by Crippen LogP contribution is -2.13. The van der Waals surface area contributed by atoms with Gasteiger partial charge in [0.2, 0.25) is 10.0 Å². The van der Waals surface area contributed by atoms with E-state index in [-0.39, 0.29) is 18.1 Å². The van der Waals surface area contributed by atoms with Crippen LogP contribution in [0.5, 0.6) is 11.5 Å². The van der Waals surface area contributed by atoms with Crippen LogP contribution in [0.4, 0.5) is 0 Å². The van der Waals surface area contributed by atoms with Gasteiger partial charge in [-0.2, -0.15) is 0 Å². The molecule has 0 atom stereocenters. The smallest absolute Gasteiger partial charge is 0.338 e. The largest absolute Gasteiger partial charge is 0.494 e. The van der Waals surface area contributed by atoms with Crippen LogP contribution < -0.4 is 14.6 Å². The summed E-state index contributed by atoms with van der Waals surface area (Å²) in [5.41, 5.74) is 0.429. The summed E-state index contributed by atoms with van der Waals surface area (Å²) in [6.45, 7) is 2.99. The number of esters is 1. The topological polar surface area (TPSA) is 105 Å². The highest BCUT2D eigenvalue weighted by Gasteiger charge is 2.09. The summed E-state index contributed by atoms with van der Waals surface area (Å²) in [6, 6.07) is 12.5. The molecule has 2 rings (SSSR count). The maximum Gasteiger partial charge on any atom is 0.338 e. The van der Waals surface area contributed by atoms with Crippen molar-refractivity contribution in [3.63, 3.8) is 0 Å². The van der Waals surface area contributed by atoms with Crippen molar-refractivity contribution in [1.29, 1.82) is 0 Å². The number of primary sulfonamides is 1. The van der Waals surface area contributed by atoms with E-state index in [9.17, 15) is 13.2 Å². The Kier molecular flexibility index (Phi) is 8.28. The molecular formula is C20H25NO6S. The minimum atomic E-state index is -3.73. The number of rotatable bonds is 11. The highest BCUT2D eigenvalue weighted by molar-refractivity contribution is 7.89. The van der Waals surface area contributed by atoms with E-state index in [1.165, 1.54) is 24.3 Å². The molecule has 0 radical (unpaired) electrons.